The Kier molecular flexibility index (Phi) is 5.83. The SMILES string of the molecule is Cc1noc(CN(C)C(=O)c2cccc(-c3nnc([C@](C)(N)Cc4ccccc4)o3)c2)n1. The van der Waals surface area contributed by atoms with Crippen LogP contribution in [-0.4, -0.2) is 38.2 Å². The average Bonchev–Trinajstić information content (AvgIpc) is 3.43. The molecular weight excluding hydrogens is 408 g/mol. The molecular formula is C23H24N6O3. The van der Waals surface area contributed by atoms with Crippen molar-refractivity contribution in [3.8, 4) is 11.5 Å². The zero-order valence-electron chi connectivity index (χ0n) is 18.1. The minimum atomic E-state index is -0.831. The topological polar surface area (TPSA) is 124 Å². The van der Waals surface area contributed by atoms with E-state index in [2.05, 4.69) is 20.3 Å². The van der Waals surface area contributed by atoms with E-state index in [1.165, 1.54) is 4.90 Å². The lowest BCUT2D eigenvalue weighted by Gasteiger charge is -2.20. The van der Waals surface area contributed by atoms with Gasteiger partial charge in [0.2, 0.25) is 17.7 Å². The summed E-state index contributed by atoms with van der Waals surface area (Å²) in [6.07, 6.45) is 0.550. The van der Waals surface area contributed by atoms with Crippen LogP contribution in [-0.2, 0) is 18.5 Å². The first kappa shape index (κ1) is 21.4. The second kappa shape index (κ2) is 8.72. The molecule has 2 heterocycles. The Morgan fingerprint density at radius 1 is 1.12 bits per heavy atom. The van der Waals surface area contributed by atoms with Crippen LogP contribution in [0.25, 0.3) is 11.5 Å². The fourth-order valence-corrected chi connectivity index (χ4v) is 3.35. The summed E-state index contributed by atoms with van der Waals surface area (Å²) in [5, 5.41) is 12.1. The summed E-state index contributed by atoms with van der Waals surface area (Å²) in [5.41, 5.74) is 7.82. The van der Waals surface area contributed by atoms with E-state index in [9.17, 15) is 4.79 Å². The van der Waals surface area contributed by atoms with Gasteiger partial charge in [0, 0.05) is 18.2 Å². The van der Waals surface area contributed by atoms with E-state index in [1.807, 2.05) is 37.3 Å². The van der Waals surface area contributed by atoms with Crippen LogP contribution in [0, 0.1) is 6.92 Å². The largest absolute Gasteiger partial charge is 0.419 e. The molecule has 9 heteroatoms. The highest BCUT2D eigenvalue weighted by Gasteiger charge is 2.29. The van der Waals surface area contributed by atoms with Crippen molar-refractivity contribution in [3.05, 3.63) is 83.3 Å². The quantitative estimate of drug-likeness (QED) is 0.472. The Bertz CT molecular complexity index is 1220. The molecule has 0 saturated carbocycles. The van der Waals surface area contributed by atoms with Crippen molar-refractivity contribution in [3.63, 3.8) is 0 Å². The number of nitrogens with two attached hydrogens (primary N) is 1. The highest BCUT2D eigenvalue weighted by Crippen LogP contribution is 2.26. The van der Waals surface area contributed by atoms with E-state index in [0.29, 0.717) is 41.0 Å². The Morgan fingerprint density at radius 2 is 1.91 bits per heavy atom. The van der Waals surface area contributed by atoms with Crippen molar-refractivity contribution in [2.45, 2.75) is 32.4 Å². The maximum Gasteiger partial charge on any atom is 0.254 e. The number of rotatable bonds is 7. The maximum absolute atomic E-state index is 12.9. The van der Waals surface area contributed by atoms with E-state index in [1.54, 1.807) is 38.2 Å². The number of carbonyl (C=O) groups is 1. The van der Waals surface area contributed by atoms with Gasteiger partial charge in [-0.3, -0.25) is 4.79 Å². The average molecular weight is 432 g/mol. The van der Waals surface area contributed by atoms with Crippen LogP contribution in [0.3, 0.4) is 0 Å². The van der Waals surface area contributed by atoms with Crippen LogP contribution in [0.5, 0.6) is 0 Å². The molecule has 2 N–H and O–H groups in total. The van der Waals surface area contributed by atoms with Crippen LogP contribution in [0.4, 0.5) is 0 Å². The fourth-order valence-electron chi connectivity index (χ4n) is 3.35. The molecule has 0 aliphatic heterocycles. The number of hydrogen-bond acceptors (Lipinski definition) is 8. The first-order valence-electron chi connectivity index (χ1n) is 10.1. The smallest absolute Gasteiger partial charge is 0.254 e. The predicted octanol–water partition coefficient (Wildman–Crippen LogP) is 3.12. The number of amides is 1. The molecule has 0 unspecified atom stereocenters. The lowest BCUT2D eigenvalue weighted by Crippen LogP contribution is -2.35. The standard InChI is InChI=1S/C23H24N6O3/c1-15-25-19(32-28-15)14-29(3)21(30)18-11-7-10-17(12-18)20-26-27-22(31-20)23(2,24)13-16-8-5-4-6-9-16/h4-12H,13-14,24H2,1-3H3/t23-/m1/s1. The summed E-state index contributed by atoms with van der Waals surface area (Å²) in [5.74, 6) is 1.33. The molecule has 0 saturated heterocycles. The number of carbonyl (C=O) groups excluding carboxylic acids is 1. The molecule has 32 heavy (non-hydrogen) atoms. The maximum atomic E-state index is 12.9. The Morgan fingerprint density at radius 3 is 2.62 bits per heavy atom. The third-order valence-electron chi connectivity index (χ3n) is 4.97. The normalized spacial score (nSPS) is 13.0. The van der Waals surface area contributed by atoms with Gasteiger partial charge in [-0.25, -0.2) is 0 Å². The molecule has 2 aromatic heterocycles. The monoisotopic (exact) mass is 432 g/mol. The molecule has 4 aromatic rings. The zero-order valence-corrected chi connectivity index (χ0v) is 18.1. The van der Waals surface area contributed by atoms with Gasteiger partial charge in [-0.1, -0.05) is 41.6 Å². The van der Waals surface area contributed by atoms with E-state index in [0.717, 1.165) is 5.56 Å². The highest BCUT2D eigenvalue weighted by atomic mass is 16.5. The molecule has 1 atom stereocenters. The van der Waals surface area contributed by atoms with Crippen LogP contribution in [0.1, 0.15) is 40.5 Å². The summed E-state index contributed by atoms with van der Waals surface area (Å²) >= 11 is 0. The van der Waals surface area contributed by atoms with Gasteiger partial charge >= 0.3 is 0 Å². The van der Waals surface area contributed by atoms with Gasteiger partial charge in [0.1, 0.15) is 0 Å². The summed E-state index contributed by atoms with van der Waals surface area (Å²) in [6.45, 7) is 3.79. The van der Waals surface area contributed by atoms with Gasteiger partial charge < -0.3 is 19.6 Å². The molecule has 2 aromatic carbocycles. The number of hydrogen-bond donors (Lipinski definition) is 1. The van der Waals surface area contributed by atoms with Gasteiger partial charge in [-0.2, -0.15) is 4.98 Å². The zero-order chi connectivity index (χ0) is 22.7. The van der Waals surface area contributed by atoms with Crippen molar-refractivity contribution in [1.82, 2.24) is 25.2 Å². The number of aromatic nitrogens is 4. The highest BCUT2D eigenvalue weighted by molar-refractivity contribution is 5.95. The Labute approximate surface area is 185 Å². The van der Waals surface area contributed by atoms with E-state index >= 15 is 0 Å². The summed E-state index contributed by atoms with van der Waals surface area (Å²) in [6, 6.07) is 16.9. The van der Waals surface area contributed by atoms with Gasteiger partial charge in [0.25, 0.3) is 5.91 Å². The van der Waals surface area contributed by atoms with Crippen molar-refractivity contribution in [1.29, 1.82) is 0 Å². The second-order valence-corrected chi connectivity index (χ2v) is 7.97. The first-order chi connectivity index (χ1) is 15.3. The third kappa shape index (κ3) is 4.73. The molecule has 164 valence electrons. The number of aryl methyl sites for hydroxylation is 1. The molecule has 1 amide bonds. The summed E-state index contributed by atoms with van der Waals surface area (Å²) in [4.78, 5) is 18.5. The van der Waals surface area contributed by atoms with Gasteiger partial charge in [0.15, 0.2) is 5.82 Å². The molecule has 0 fully saturated rings. The van der Waals surface area contributed by atoms with Crippen molar-refractivity contribution < 1.29 is 13.7 Å². The minimum Gasteiger partial charge on any atom is -0.419 e. The van der Waals surface area contributed by atoms with Crippen LogP contribution >= 0.6 is 0 Å². The summed E-state index contributed by atoms with van der Waals surface area (Å²) in [7, 11) is 1.67. The molecule has 9 nitrogen and oxygen atoms in total. The summed E-state index contributed by atoms with van der Waals surface area (Å²) < 4.78 is 11.0. The lowest BCUT2D eigenvalue weighted by molar-refractivity contribution is 0.0769. The van der Waals surface area contributed by atoms with Crippen molar-refractivity contribution in [2.24, 2.45) is 5.73 Å². The van der Waals surface area contributed by atoms with E-state index in [-0.39, 0.29) is 12.5 Å². The Balaban J connectivity index is 1.51. The third-order valence-corrected chi connectivity index (χ3v) is 4.97. The van der Waals surface area contributed by atoms with Gasteiger partial charge in [-0.05, 0) is 44.0 Å². The number of benzene rings is 2. The van der Waals surface area contributed by atoms with E-state index in [4.69, 9.17) is 14.7 Å². The minimum absolute atomic E-state index is 0.199. The van der Waals surface area contributed by atoms with Crippen LogP contribution < -0.4 is 5.73 Å². The van der Waals surface area contributed by atoms with Crippen LogP contribution in [0.15, 0.2) is 63.5 Å². The van der Waals surface area contributed by atoms with Crippen molar-refractivity contribution in [2.75, 3.05) is 7.05 Å². The number of nitrogens with zero attached hydrogens (tertiary/aromatic N) is 5. The Hall–Kier alpha value is -3.85. The predicted molar refractivity (Wildman–Crippen MR) is 116 cm³/mol. The second-order valence-electron chi connectivity index (χ2n) is 7.97. The molecule has 0 bridgehead atoms. The molecule has 0 aliphatic rings. The van der Waals surface area contributed by atoms with Gasteiger partial charge in [-0.15, -0.1) is 10.2 Å². The molecule has 0 radical (unpaired) electrons. The molecule has 0 aliphatic carbocycles. The van der Waals surface area contributed by atoms with Gasteiger partial charge in [0.05, 0.1) is 12.1 Å². The molecule has 0 spiro atoms. The first-order valence-corrected chi connectivity index (χ1v) is 10.1. The molecule has 4 rings (SSSR count). The van der Waals surface area contributed by atoms with E-state index < -0.39 is 5.54 Å². The van der Waals surface area contributed by atoms with Crippen LogP contribution in [0.2, 0.25) is 0 Å². The lowest BCUT2D eigenvalue weighted by atomic mass is 9.94. The van der Waals surface area contributed by atoms with Crippen molar-refractivity contribution >= 4 is 5.91 Å². The fraction of sp³-hybridized carbons (Fsp3) is 0.261.